The molecule has 2 rings (SSSR count). The maximum Gasteiger partial charge on any atom is 0.191 e. The minimum absolute atomic E-state index is 0.243. The predicted octanol–water partition coefficient (Wildman–Crippen LogP) is 2.54. The van der Waals surface area contributed by atoms with Crippen LogP contribution in [0.5, 0.6) is 5.75 Å². The van der Waals surface area contributed by atoms with Crippen molar-refractivity contribution in [3.8, 4) is 5.75 Å². The molecule has 1 aromatic rings. The van der Waals surface area contributed by atoms with Crippen LogP contribution in [0, 0.1) is 0 Å². The lowest BCUT2D eigenvalue weighted by Crippen LogP contribution is -2.36. The Balaban J connectivity index is 2.24. The molecule has 0 radical (unpaired) electrons. The van der Waals surface area contributed by atoms with Crippen LogP contribution in [-0.2, 0) is 0 Å². The summed E-state index contributed by atoms with van der Waals surface area (Å²) in [5, 5.41) is 0. The van der Waals surface area contributed by atoms with Gasteiger partial charge in [0.05, 0.1) is 24.2 Å². The van der Waals surface area contributed by atoms with Crippen molar-refractivity contribution in [3.63, 3.8) is 0 Å². The van der Waals surface area contributed by atoms with E-state index in [0.717, 1.165) is 29.7 Å². The first kappa shape index (κ1) is 13.2. The number of halogens is 1. The molecule has 2 N–H and O–H groups in total. The number of ether oxygens (including phenoxy) is 1. The van der Waals surface area contributed by atoms with Crippen molar-refractivity contribution in [2.75, 3.05) is 20.2 Å². The lowest BCUT2D eigenvalue weighted by atomic mass is 10.1. The first-order valence-electron chi connectivity index (χ1n) is 6.07. The van der Waals surface area contributed by atoms with E-state index < -0.39 is 0 Å². The molecule has 4 nitrogen and oxygen atoms in total. The highest BCUT2D eigenvalue weighted by molar-refractivity contribution is 9.10. The normalized spacial score (nSPS) is 18.9. The SMILES string of the molecule is CCCN1C(N)=NCC1c1ccc(OC)c(Br)c1. The van der Waals surface area contributed by atoms with E-state index in [1.54, 1.807) is 7.11 Å². The molecule has 0 saturated carbocycles. The molecular weight excluding hydrogens is 294 g/mol. The molecule has 0 fully saturated rings. The molecular formula is C13H18BrN3O. The summed E-state index contributed by atoms with van der Waals surface area (Å²) >= 11 is 3.52. The molecule has 1 heterocycles. The van der Waals surface area contributed by atoms with E-state index in [9.17, 15) is 0 Å². The van der Waals surface area contributed by atoms with Gasteiger partial charge in [0, 0.05) is 6.54 Å². The van der Waals surface area contributed by atoms with E-state index in [-0.39, 0.29) is 6.04 Å². The van der Waals surface area contributed by atoms with Gasteiger partial charge < -0.3 is 15.4 Å². The second kappa shape index (κ2) is 5.61. The van der Waals surface area contributed by atoms with Gasteiger partial charge in [0.15, 0.2) is 5.96 Å². The van der Waals surface area contributed by atoms with Gasteiger partial charge in [-0.25, -0.2) is 0 Å². The Morgan fingerprint density at radius 3 is 2.94 bits per heavy atom. The molecule has 1 unspecified atom stereocenters. The van der Waals surface area contributed by atoms with Crippen molar-refractivity contribution in [1.29, 1.82) is 0 Å². The molecule has 0 aliphatic carbocycles. The maximum absolute atomic E-state index is 5.93. The topological polar surface area (TPSA) is 50.8 Å². The van der Waals surface area contributed by atoms with Crippen LogP contribution in [0.3, 0.4) is 0 Å². The van der Waals surface area contributed by atoms with Crippen molar-refractivity contribution in [2.24, 2.45) is 10.7 Å². The number of aliphatic imine (C=N–C) groups is 1. The van der Waals surface area contributed by atoms with Crippen LogP contribution in [0.25, 0.3) is 0 Å². The quantitative estimate of drug-likeness (QED) is 0.929. The van der Waals surface area contributed by atoms with Gasteiger partial charge in [-0.05, 0) is 40.0 Å². The average Bonchev–Trinajstić information content (AvgIpc) is 2.72. The van der Waals surface area contributed by atoms with Crippen LogP contribution in [0.1, 0.15) is 24.9 Å². The second-order valence-corrected chi connectivity index (χ2v) is 5.16. The number of nitrogens with two attached hydrogens (primary N) is 1. The lowest BCUT2D eigenvalue weighted by molar-refractivity contribution is 0.346. The molecule has 0 saturated heterocycles. The molecule has 1 aromatic carbocycles. The molecule has 0 bridgehead atoms. The molecule has 1 aliphatic heterocycles. The maximum atomic E-state index is 5.93. The monoisotopic (exact) mass is 311 g/mol. The zero-order chi connectivity index (χ0) is 13.1. The molecule has 0 spiro atoms. The van der Waals surface area contributed by atoms with Gasteiger partial charge in [0.25, 0.3) is 0 Å². The molecule has 1 atom stereocenters. The number of hydrogen-bond acceptors (Lipinski definition) is 4. The predicted molar refractivity (Wildman–Crippen MR) is 76.9 cm³/mol. The number of hydrogen-bond donors (Lipinski definition) is 1. The third-order valence-electron chi connectivity index (χ3n) is 3.12. The molecule has 5 heteroatoms. The van der Waals surface area contributed by atoms with Gasteiger partial charge in [-0.1, -0.05) is 13.0 Å². The second-order valence-electron chi connectivity index (χ2n) is 4.30. The van der Waals surface area contributed by atoms with Crippen molar-refractivity contribution in [2.45, 2.75) is 19.4 Å². The summed E-state index contributed by atoms with van der Waals surface area (Å²) in [4.78, 5) is 6.50. The number of rotatable bonds is 4. The molecule has 1 aliphatic rings. The third-order valence-corrected chi connectivity index (χ3v) is 3.74. The summed E-state index contributed by atoms with van der Waals surface area (Å²) in [6.45, 7) is 3.81. The van der Waals surface area contributed by atoms with Gasteiger partial charge in [0.2, 0.25) is 0 Å². The zero-order valence-corrected chi connectivity index (χ0v) is 12.3. The first-order chi connectivity index (χ1) is 8.67. The molecule has 98 valence electrons. The van der Waals surface area contributed by atoms with E-state index in [1.807, 2.05) is 6.07 Å². The van der Waals surface area contributed by atoms with Crippen LogP contribution in [-0.4, -0.2) is 31.1 Å². The summed E-state index contributed by atoms with van der Waals surface area (Å²) < 4.78 is 6.21. The van der Waals surface area contributed by atoms with Crippen molar-refractivity contribution >= 4 is 21.9 Å². The summed E-state index contributed by atoms with van der Waals surface area (Å²) in [6.07, 6.45) is 1.06. The molecule has 0 amide bonds. The number of methoxy groups -OCH3 is 1. The van der Waals surface area contributed by atoms with E-state index in [2.05, 4.69) is 44.9 Å². The Kier molecular flexibility index (Phi) is 4.11. The summed E-state index contributed by atoms with van der Waals surface area (Å²) in [5.74, 6) is 1.49. The van der Waals surface area contributed by atoms with E-state index in [1.165, 1.54) is 5.56 Å². The first-order valence-corrected chi connectivity index (χ1v) is 6.86. The Morgan fingerprint density at radius 2 is 2.33 bits per heavy atom. The van der Waals surface area contributed by atoms with E-state index >= 15 is 0 Å². The molecule has 0 aromatic heterocycles. The van der Waals surface area contributed by atoms with Gasteiger partial charge in [-0.3, -0.25) is 4.99 Å². The van der Waals surface area contributed by atoms with Crippen LogP contribution in [0.4, 0.5) is 0 Å². The third kappa shape index (κ3) is 2.46. The Hall–Kier alpha value is -1.23. The highest BCUT2D eigenvalue weighted by Crippen LogP contribution is 2.32. The lowest BCUT2D eigenvalue weighted by Gasteiger charge is -2.26. The van der Waals surface area contributed by atoms with Crippen molar-refractivity contribution < 1.29 is 4.74 Å². The minimum Gasteiger partial charge on any atom is -0.496 e. The Bertz CT molecular complexity index is 462. The van der Waals surface area contributed by atoms with Gasteiger partial charge >= 0.3 is 0 Å². The minimum atomic E-state index is 0.243. The smallest absolute Gasteiger partial charge is 0.191 e. The van der Waals surface area contributed by atoms with Crippen LogP contribution < -0.4 is 10.5 Å². The largest absolute Gasteiger partial charge is 0.496 e. The standard InChI is InChI=1S/C13H18BrN3O/c1-3-6-17-11(8-16-13(17)15)9-4-5-12(18-2)10(14)7-9/h4-5,7,11H,3,6,8H2,1-2H3,(H2,15,16). The fraction of sp³-hybridized carbons (Fsp3) is 0.462. The van der Waals surface area contributed by atoms with Crippen molar-refractivity contribution in [1.82, 2.24) is 4.90 Å². The van der Waals surface area contributed by atoms with Gasteiger partial charge in [0.1, 0.15) is 5.75 Å². The average molecular weight is 312 g/mol. The fourth-order valence-corrected chi connectivity index (χ4v) is 2.77. The molecule has 18 heavy (non-hydrogen) atoms. The van der Waals surface area contributed by atoms with Crippen LogP contribution in [0.15, 0.2) is 27.7 Å². The summed E-state index contributed by atoms with van der Waals surface area (Å²) in [5.41, 5.74) is 7.14. The number of nitrogens with zero attached hydrogens (tertiary/aromatic N) is 2. The Morgan fingerprint density at radius 1 is 1.56 bits per heavy atom. The van der Waals surface area contributed by atoms with Gasteiger partial charge in [-0.2, -0.15) is 0 Å². The van der Waals surface area contributed by atoms with Crippen LogP contribution in [0.2, 0.25) is 0 Å². The van der Waals surface area contributed by atoms with Gasteiger partial charge in [-0.15, -0.1) is 0 Å². The zero-order valence-electron chi connectivity index (χ0n) is 10.7. The Labute approximate surface area is 116 Å². The summed E-state index contributed by atoms with van der Waals surface area (Å²) in [7, 11) is 1.67. The number of guanidine groups is 1. The highest BCUT2D eigenvalue weighted by atomic mass is 79.9. The van der Waals surface area contributed by atoms with E-state index in [0.29, 0.717) is 5.96 Å². The fourth-order valence-electron chi connectivity index (χ4n) is 2.22. The number of benzene rings is 1. The summed E-state index contributed by atoms with van der Waals surface area (Å²) in [6, 6.07) is 6.37. The highest BCUT2D eigenvalue weighted by Gasteiger charge is 2.26. The van der Waals surface area contributed by atoms with Crippen LogP contribution >= 0.6 is 15.9 Å². The van der Waals surface area contributed by atoms with E-state index in [4.69, 9.17) is 10.5 Å². The van der Waals surface area contributed by atoms with Crippen molar-refractivity contribution in [3.05, 3.63) is 28.2 Å².